The fraction of sp³-hybridized carbons (Fsp3) is 0.308. The number of piperazine rings is 1. The van der Waals surface area contributed by atoms with Crippen LogP contribution < -0.4 is 16.4 Å². The number of hydrogen-bond donors (Lipinski definition) is 3. The summed E-state index contributed by atoms with van der Waals surface area (Å²) >= 11 is 0. The Morgan fingerprint density at radius 2 is 2.10 bits per heavy atom. The monoisotopic (exact) mass is 273 g/mol. The van der Waals surface area contributed by atoms with E-state index in [9.17, 15) is 9.59 Å². The van der Waals surface area contributed by atoms with Crippen molar-refractivity contribution in [3.05, 3.63) is 29.8 Å². The van der Waals surface area contributed by atoms with E-state index in [0.29, 0.717) is 30.9 Å². The van der Waals surface area contributed by atoms with Crippen LogP contribution in [0.4, 0.5) is 10.5 Å². The molecule has 20 heavy (non-hydrogen) atoms. The Kier molecular flexibility index (Phi) is 4.17. The second-order valence-corrected chi connectivity index (χ2v) is 4.43. The third-order valence-electron chi connectivity index (χ3n) is 3.10. The van der Waals surface area contributed by atoms with Gasteiger partial charge in [-0.25, -0.2) is 4.79 Å². The zero-order chi connectivity index (χ0) is 14.5. The number of nitriles is 1. The highest BCUT2D eigenvalue weighted by atomic mass is 16.2. The van der Waals surface area contributed by atoms with Crippen LogP contribution in [-0.4, -0.2) is 42.5 Å². The van der Waals surface area contributed by atoms with E-state index in [1.807, 2.05) is 6.07 Å². The van der Waals surface area contributed by atoms with Gasteiger partial charge in [0, 0.05) is 25.3 Å². The van der Waals surface area contributed by atoms with Crippen LogP contribution in [-0.2, 0) is 4.79 Å². The summed E-state index contributed by atoms with van der Waals surface area (Å²) in [4.78, 5) is 24.9. The number of carbonyl (C=O) groups is 2. The lowest BCUT2D eigenvalue weighted by atomic mass is 10.2. The standard InChI is InChI=1S/C13H15N5O2/c14-7-9-1-3-10(4-2-9)17-13(20)18-6-5-16-8-11(18)12(15)19/h1-4,11,16H,5-6,8H2,(H2,15,19)(H,17,20). The molecule has 7 heteroatoms. The van der Waals surface area contributed by atoms with Crippen LogP contribution >= 0.6 is 0 Å². The molecule has 1 saturated heterocycles. The fourth-order valence-electron chi connectivity index (χ4n) is 2.02. The van der Waals surface area contributed by atoms with Gasteiger partial charge < -0.3 is 21.3 Å². The highest BCUT2D eigenvalue weighted by Crippen LogP contribution is 2.11. The van der Waals surface area contributed by atoms with Crippen molar-refractivity contribution in [3.8, 4) is 6.07 Å². The number of carbonyl (C=O) groups excluding carboxylic acids is 2. The normalized spacial score (nSPS) is 18.1. The molecule has 2 rings (SSSR count). The average Bonchev–Trinajstić information content (AvgIpc) is 2.48. The summed E-state index contributed by atoms with van der Waals surface area (Å²) in [5, 5.41) is 14.4. The van der Waals surface area contributed by atoms with Crippen molar-refractivity contribution in [1.29, 1.82) is 5.26 Å². The fourth-order valence-corrected chi connectivity index (χ4v) is 2.02. The minimum Gasteiger partial charge on any atom is -0.368 e. The Labute approximate surface area is 116 Å². The molecule has 1 aromatic rings. The Balaban J connectivity index is 2.06. The number of urea groups is 1. The highest BCUT2D eigenvalue weighted by Gasteiger charge is 2.30. The Morgan fingerprint density at radius 1 is 1.40 bits per heavy atom. The summed E-state index contributed by atoms with van der Waals surface area (Å²) < 4.78 is 0. The molecule has 1 fully saturated rings. The molecule has 0 bridgehead atoms. The molecule has 1 atom stereocenters. The molecule has 0 aromatic heterocycles. The molecule has 0 spiro atoms. The number of amides is 3. The van der Waals surface area contributed by atoms with Crippen molar-refractivity contribution in [3.63, 3.8) is 0 Å². The second-order valence-electron chi connectivity index (χ2n) is 4.43. The number of hydrogen-bond acceptors (Lipinski definition) is 4. The van der Waals surface area contributed by atoms with E-state index in [4.69, 9.17) is 11.0 Å². The topological polar surface area (TPSA) is 111 Å². The van der Waals surface area contributed by atoms with Gasteiger partial charge in [0.05, 0.1) is 11.6 Å². The molecule has 104 valence electrons. The summed E-state index contributed by atoms with van der Waals surface area (Å²) in [5.74, 6) is -0.535. The van der Waals surface area contributed by atoms with Crippen LogP contribution in [0.1, 0.15) is 5.56 Å². The van der Waals surface area contributed by atoms with Gasteiger partial charge in [-0.2, -0.15) is 5.26 Å². The van der Waals surface area contributed by atoms with Crippen LogP contribution in [0.5, 0.6) is 0 Å². The van der Waals surface area contributed by atoms with Crippen LogP contribution in [0.25, 0.3) is 0 Å². The highest BCUT2D eigenvalue weighted by molar-refractivity contribution is 5.93. The molecule has 0 aliphatic carbocycles. The average molecular weight is 273 g/mol. The molecule has 1 unspecified atom stereocenters. The summed E-state index contributed by atoms with van der Waals surface area (Å²) in [6, 6.07) is 7.47. The van der Waals surface area contributed by atoms with Gasteiger partial charge in [0.15, 0.2) is 0 Å². The zero-order valence-electron chi connectivity index (χ0n) is 10.8. The number of rotatable bonds is 2. The number of nitrogens with zero attached hydrogens (tertiary/aromatic N) is 2. The number of nitrogens with one attached hydrogen (secondary N) is 2. The van der Waals surface area contributed by atoms with E-state index in [1.165, 1.54) is 4.90 Å². The predicted molar refractivity (Wildman–Crippen MR) is 72.7 cm³/mol. The summed E-state index contributed by atoms with van der Waals surface area (Å²) in [6.07, 6.45) is 0. The molecule has 3 amide bonds. The SMILES string of the molecule is N#Cc1ccc(NC(=O)N2CCNCC2C(N)=O)cc1. The quantitative estimate of drug-likeness (QED) is 0.695. The Hall–Kier alpha value is -2.59. The van der Waals surface area contributed by atoms with Crippen molar-refractivity contribution in [1.82, 2.24) is 10.2 Å². The number of primary amides is 1. The van der Waals surface area contributed by atoms with Gasteiger partial charge in [-0.3, -0.25) is 4.79 Å². The smallest absolute Gasteiger partial charge is 0.322 e. The zero-order valence-corrected chi connectivity index (χ0v) is 10.8. The lowest BCUT2D eigenvalue weighted by Crippen LogP contribution is -2.59. The van der Waals surface area contributed by atoms with Crippen molar-refractivity contribution in [2.24, 2.45) is 5.73 Å². The van der Waals surface area contributed by atoms with Gasteiger partial charge >= 0.3 is 6.03 Å². The number of nitrogens with two attached hydrogens (primary N) is 1. The van der Waals surface area contributed by atoms with Crippen LogP contribution in [0, 0.1) is 11.3 Å². The van der Waals surface area contributed by atoms with Crippen LogP contribution in [0.3, 0.4) is 0 Å². The maximum atomic E-state index is 12.2. The first-order chi connectivity index (χ1) is 9.61. The largest absolute Gasteiger partial charge is 0.368 e. The van der Waals surface area contributed by atoms with E-state index in [-0.39, 0.29) is 6.03 Å². The third kappa shape index (κ3) is 3.05. The molecule has 1 aliphatic rings. The van der Waals surface area contributed by atoms with Crippen LogP contribution in [0.15, 0.2) is 24.3 Å². The number of anilines is 1. The molecule has 1 heterocycles. The minimum absolute atomic E-state index is 0.357. The lowest BCUT2D eigenvalue weighted by Gasteiger charge is -2.34. The van der Waals surface area contributed by atoms with E-state index in [1.54, 1.807) is 24.3 Å². The van der Waals surface area contributed by atoms with Crippen LogP contribution in [0.2, 0.25) is 0 Å². The second kappa shape index (κ2) is 6.04. The van der Waals surface area contributed by atoms with Gasteiger partial charge in [-0.15, -0.1) is 0 Å². The molecule has 0 radical (unpaired) electrons. The molecule has 1 aliphatic heterocycles. The van der Waals surface area contributed by atoms with E-state index >= 15 is 0 Å². The van der Waals surface area contributed by atoms with E-state index in [2.05, 4.69) is 10.6 Å². The predicted octanol–water partition coefficient (Wildman–Crippen LogP) is -0.151. The van der Waals surface area contributed by atoms with Crippen molar-refractivity contribution < 1.29 is 9.59 Å². The summed E-state index contributed by atoms with van der Waals surface area (Å²) in [5.41, 5.74) is 6.37. The first kappa shape index (κ1) is 13.8. The molecular weight excluding hydrogens is 258 g/mol. The first-order valence-electron chi connectivity index (χ1n) is 6.19. The van der Waals surface area contributed by atoms with Gasteiger partial charge in [0.1, 0.15) is 6.04 Å². The van der Waals surface area contributed by atoms with Crippen molar-refractivity contribution >= 4 is 17.6 Å². The maximum absolute atomic E-state index is 12.2. The first-order valence-corrected chi connectivity index (χ1v) is 6.19. The molecule has 1 aromatic carbocycles. The van der Waals surface area contributed by atoms with Gasteiger partial charge in [-0.05, 0) is 24.3 Å². The van der Waals surface area contributed by atoms with Gasteiger partial charge in [0.25, 0.3) is 0 Å². The van der Waals surface area contributed by atoms with E-state index < -0.39 is 11.9 Å². The van der Waals surface area contributed by atoms with Crippen molar-refractivity contribution in [2.45, 2.75) is 6.04 Å². The third-order valence-corrected chi connectivity index (χ3v) is 3.10. The van der Waals surface area contributed by atoms with Gasteiger partial charge in [-0.1, -0.05) is 0 Å². The van der Waals surface area contributed by atoms with Gasteiger partial charge in [0.2, 0.25) is 5.91 Å². The minimum atomic E-state index is -0.651. The Bertz CT molecular complexity index is 549. The van der Waals surface area contributed by atoms with E-state index in [0.717, 1.165) is 0 Å². The maximum Gasteiger partial charge on any atom is 0.322 e. The summed E-state index contributed by atoms with van der Waals surface area (Å²) in [6.45, 7) is 1.39. The molecular formula is C13H15N5O2. The van der Waals surface area contributed by atoms with Crippen molar-refractivity contribution in [2.75, 3.05) is 25.0 Å². The lowest BCUT2D eigenvalue weighted by molar-refractivity contribution is -0.122. The Morgan fingerprint density at radius 3 is 2.70 bits per heavy atom. The molecule has 7 nitrogen and oxygen atoms in total. The molecule has 4 N–H and O–H groups in total. The number of benzene rings is 1. The molecule has 0 saturated carbocycles. The summed E-state index contributed by atoms with van der Waals surface area (Å²) in [7, 11) is 0.